The van der Waals surface area contributed by atoms with Gasteiger partial charge in [0.25, 0.3) is 0 Å². The summed E-state index contributed by atoms with van der Waals surface area (Å²) in [5, 5.41) is 0. The SMILES string of the molecule is CCC1CN2CCCC2CN1c1cc(OC)ccc1OC. The molecule has 2 fully saturated rings. The fourth-order valence-electron chi connectivity index (χ4n) is 3.75. The maximum absolute atomic E-state index is 5.59. The van der Waals surface area contributed by atoms with E-state index in [2.05, 4.69) is 22.8 Å². The van der Waals surface area contributed by atoms with E-state index in [1.165, 1.54) is 31.6 Å². The van der Waals surface area contributed by atoms with E-state index in [-0.39, 0.29) is 0 Å². The number of ether oxygens (including phenoxy) is 2. The third kappa shape index (κ3) is 2.69. The summed E-state index contributed by atoms with van der Waals surface area (Å²) in [4.78, 5) is 5.20. The van der Waals surface area contributed by atoms with Crippen molar-refractivity contribution in [2.45, 2.75) is 38.3 Å². The fourth-order valence-corrected chi connectivity index (χ4v) is 3.75. The maximum atomic E-state index is 5.59. The summed E-state index contributed by atoms with van der Waals surface area (Å²) in [6.45, 7) is 5.81. The standard InChI is InChI=1S/C17H26N2O2/c1-4-13-11-18-9-5-6-14(18)12-19(13)16-10-15(20-2)7-8-17(16)21-3/h7-8,10,13-14H,4-6,9,11-12H2,1-3H3. The number of hydrogen-bond donors (Lipinski definition) is 0. The van der Waals surface area contributed by atoms with E-state index in [1.807, 2.05) is 12.1 Å². The van der Waals surface area contributed by atoms with Crippen LogP contribution >= 0.6 is 0 Å². The zero-order chi connectivity index (χ0) is 14.8. The second kappa shape index (κ2) is 6.14. The summed E-state index contributed by atoms with van der Waals surface area (Å²) in [7, 11) is 3.47. The van der Waals surface area contributed by atoms with Gasteiger partial charge in [0.2, 0.25) is 0 Å². The average molecular weight is 290 g/mol. The van der Waals surface area contributed by atoms with Crippen molar-refractivity contribution in [3.63, 3.8) is 0 Å². The highest BCUT2D eigenvalue weighted by Crippen LogP contribution is 2.37. The first-order valence-electron chi connectivity index (χ1n) is 7.99. The van der Waals surface area contributed by atoms with Crippen LogP contribution in [0.25, 0.3) is 0 Å². The van der Waals surface area contributed by atoms with Gasteiger partial charge in [-0.05, 0) is 37.9 Å². The van der Waals surface area contributed by atoms with Gasteiger partial charge in [0.05, 0.1) is 19.9 Å². The van der Waals surface area contributed by atoms with Crippen molar-refractivity contribution >= 4 is 5.69 Å². The van der Waals surface area contributed by atoms with Gasteiger partial charge in [-0.25, -0.2) is 0 Å². The average Bonchev–Trinajstić information content (AvgIpc) is 3.00. The molecule has 4 nitrogen and oxygen atoms in total. The lowest BCUT2D eigenvalue weighted by Gasteiger charge is -2.45. The smallest absolute Gasteiger partial charge is 0.142 e. The molecule has 2 heterocycles. The maximum Gasteiger partial charge on any atom is 0.142 e. The van der Waals surface area contributed by atoms with Crippen LogP contribution in [0.4, 0.5) is 5.69 Å². The fraction of sp³-hybridized carbons (Fsp3) is 0.647. The third-order valence-corrected chi connectivity index (χ3v) is 4.96. The van der Waals surface area contributed by atoms with Gasteiger partial charge >= 0.3 is 0 Å². The molecule has 0 aromatic heterocycles. The molecular formula is C17H26N2O2. The Morgan fingerprint density at radius 3 is 2.76 bits per heavy atom. The molecule has 0 saturated carbocycles. The topological polar surface area (TPSA) is 24.9 Å². The molecule has 2 aliphatic rings. The Balaban J connectivity index is 1.92. The number of benzene rings is 1. The normalized spacial score (nSPS) is 25.8. The monoisotopic (exact) mass is 290 g/mol. The Labute approximate surface area is 127 Å². The largest absolute Gasteiger partial charge is 0.497 e. The highest BCUT2D eigenvalue weighted by molar-refractivity contribution is 5.62. The van der Waals surface area contributed by atoms with Crippen LogP contribution in [-0.2, 0) is 0 Å². The van der Waals surface area contributed by atoms with Gasteiger partial charge in [-0.15, -0.1) is 0 Å². The number of anilines is 1. The molecular weight excluding hydrogens is 264 g/mol. The molecule has 4 heteroatoms. The molecule has 2 atom stereocenters. The van der Waals surface area contributed by atoms with E-state index in [0.29, 0.717) is 12.1 Å². The molecule has 0 aliphatic carbocycles. The van der Waals surface area contributed by atoms with Crippen molar-refractivity contribution in [2.24, 2.45) is 0 Å². The molecule has 2 unspecified atom stereocenters. The predicted molar refractivity (Wildman–Crippen MR) is 85.6 cm³/mol. The molecule has 1 aromatic rings. The van der Waals surface area contributed by atoms with Gasteiger partial charge in [-0.2, -0.15) is 0 Å². The van der Waals surface area contributed by atoms with E-state index in [1.54, 1.807) is 14.2 Å². The van der Waals surface area contributed by atoms with Gasteiger partial charge < -0.3 is 14.4 Å². The second-order valence-corrected chi connectivity index (χ2v) is 6.04. The van der Waals surface area contributed by atoms with E-state index in [9.17, 15) is 0 Å². The minimum absolute atomic E-state index is 0.556. The Hall–Kier alpha value is -1.42. The lowest BCUT2D eigenvalue weighted by atomic mass is 10.0. The van der Waals surface area contributed by atoms with Crippen molar-refractivity contribution < 1.29 is 9.47 Å². The summed E-state index contributed by atoms with van der Waals surface area (Å²) in [5.74, 6) is 1.84. The minimum Gasteiger partial charge on any atom is -0.497 e. The first kappa shape index (κ1) is 14.5. The van der Waals surface area contributed by atoms with E-state index in [0.717, 1.165) is 24.5 Å². The summed E-state index contributed by atoms with van der Waals surface area (Å²) < 4.78 is 11.0. The third-order valence-electron chi connectivity index (χ3n) is 4.96. The van der Waals surface area contributed by atoms with Gasteiger partial charge in [-0.1, -0.05) is 6.92 Å². The number of nitrogens with zero attached hydrogens (tertiary/aromatic N) is 2. The Morgan fingerprint density at radius 2 is 2.05 bits per heavy atom. The lowest BCUT2D eigenvalue weighted by molar-refractivity contribution is 0.194. The van der Waals surface area contributed by atoms with Crippen LogP contribution < -0.4 is 14.4 Å². The van der Waals surface area contributed by atoms with Crippen LogP contribution in [0.5, 0.6) is 11.5 Å². The highest BCUT2D eigenvalue weighted by Gasteiger charge is 2.36. The van der Waals surface area contributed by atoms with Gasteiger partial charge in [0, 0.05) is 31.2 Å². The van der Waals surface area contributed by atoms with Gasteiger partial charge in [0.15, 0.2) is 0 Å². The van der Waals surface area contributed by atoms with E-state index < -0.39 is 0 Å². The number of rotatable bonds is 4. The molecule has 0 amide bonds. The first-order chi connectivity index (χ1) is 10.3. The van der Waals surface area contributed by atoms with Crippen molar-refractivity contribution in [2.75, 3.05) is 38.8 Å². The molecule has 116 valence electrons. The lowest BCUT2D eigenvalue weighted by Crippen LogP contribution is -2.56. The van der Waals surface area contributed by atoms with Crippen LogP contribution in [0.2, 0.25) is 0 Å². The molecule has 2 saturated heterocycles. The number of fused-ring (bicyclic) bond motifs is 1. The zero-order valence-corrected chi connectivity index (χ0v) is 13.3. The molecule has 0 spiro atoms. The molecule has 3 rings (SSSR count). The van der Waals surface area contributed by atoms with E-state index >= 15 is 0 Å². The Kier molecular flexibility index (Phi) is 4.24. The summed E-state index contributed by atoms with van der Waals surface area (Å²) in [6, 6.07) is 7.35. The zero-order valence-electron chi connectivity index (χ0n) is 13.3. The molecule has 21 heavy (non-hydrogen) atoms. The van der Waals surface area contributed by atoms with Crippen LogP contribution in [-0.4, -0.2) is 50.8 Å². The van der Waals surface area contributed by atoms with E-state index in [4.69, 9.17) is 9.47 Å². The minimum atomic E-state index is 0.556. The number of hydrogen-bond acceptors (Lipinski definition) is 4. The van der Waals surface area contributed by atoms with Gasteiger partial charge in [0.1, 0.15) is 11.5 Å². The summed E-state index contributed by atoms with van der Waals surface area (Å²) in [6.07, 6.45) is 3.81. The van der Waals surface area contributed by atoms with Crippen molar-refractivity contribution in [3.05, 3.63) is 18.2 Å². The number of piperazine rings is 1. The quantitative estimate of drug-likeness (QED) is 0.851. The first-order valence-corrected chi connectivity index (χ1v) is 7.99. The summed E-state index contributed by atoms with van der Waals surface area (Å²) >= 11 is 0. The van der Waals surface area contributed by atoms with Crippen LogP contribution in [0.15, 0.2) is 18.2 Å². The van der Waals surface area contributed by atoms with Crippen LogP contribution in [0, 0.1) is 0 Å². The molecule has 0 bridgehead atoms. The van der Waals surface area contributed by atoms with Gasteiger partial charge in [-0.3, -0.25) is 4.90 Å². The molecule has 0 N–H and O–H groups in total. The van der Waals surface area contributed by atoms with Crippen molar-refractivity contribution in [3.8, 4) is 11.5 Å². The second-order valence-electron chi connectivity index (χ2n) is 6.04. The molecule has 2 aliphatic heterocycles. The summed E-state index contributed by atoms with van der Waals surface area (Å²) in [5.41, 5.74) is 1.18. The Bertz CT molecular complexity index is 492. The highest BCUT2D eigenvalue weighted by atomic mass is 16.5. The van der Waals surface area contributed by atoms with Crippen LogP contribution in [0.1, 0.15) is 26.2 Å². The van der Waals surface area contributed by atoms with Crippen molar-refractivity contribution in [1.82, 2.24) is 4.90 Å². The van der Waals surface area contributed by atoms with Crippen molar-refractivity contribution in [1.29, 1.82) is 0 Å². The van der Waals surface area contributed by atoms with Crippen LogP contribution in [0.3, 0.4) is 0 Å². The molecule has 1 aromatic carbocycles. The number of methoxy groups -OCH3 is 2. The Morgan fingerprint density at radius 1 is 1.19 bits per heavy atom. The predicted octanol–water partition coefficient (Wildman–Crippen LogP) is 2.77. The molecule has 0 radical (unpaired) electrons.